The van der Waals surface area contributed by atoms with Gasteiger partial charge >= 0.3 is 0 Å². The van der Waals surface area contributed by atoms with Crippen molar-refractivity contribution in [3.05, 3.63) is 41.5 Å². The van der Waals surface area contributed by atoms with Crippen LogP contribution in [0.3, 0.4) is 0 Å². The minimum absolute atomic E-state index is 0.105. The normalized spacial score (nSPS) is 9.44. The molecule has 1 aromatic carbocycles. The average Bonchev–Trinajstić information content (AvgIpc) is 2.25. The molecule has 0 unspecified atom stereocenters. The van der Waals surface area contributed by atoms with Crippen molar-refractivity contribution >= 4 is 17.3 Å². The summed E-state index contributed by atoms with van der Waals surface area (Å²) in [5, 5.41) is 0. The van der Waals surface area contributed by atoms with Gasteiger partial charge in [0, 0.05) is 5.56 Å². The van der Waals surface area contributed by atoms with Gasteiger partial charge in [-0.3, -0.25) is 9.59 Å². The van der Waals surface area contributed by atoms with Crippen molar-refractivity contribution in [2.45, 2.75) is 13.8 Å². The highest BCUT2D eigenvalue weighted by molar-refractivity contribution is 6.23. The van der Waals surface area contributed by atoms with E-state index in [1.54, 1.807) is 12.1 Å². The Morgan fingerprint density at radius 2 is 1.50 bits per heavy atom. The first-order valence-electron chi connectivity index (χ1n) is 4.93. The number of hydrogen-bond acceptors (Lipinski definition) is 3. The molecule has 0 spiro atoms. The zero-order valence-corrected chi connectivity index (χ0v) is 9.61. The fourth-order valence-electron chi connectivity index (χ4n) is 1.52. The number of methoxy groups -OCH3 is 1. The van der Waals surface area contributed by atoms with Crippen molar-refractivity contribution in [3.8, 4) is 0 Å². The Labute approximate surface area is 94.7 Å². The molecule has 0 fully saturated rings. The van der Waals surface area contributed by atoms with Gasteiger partial charge in [-0.15, -0.1) is 0 Å². The molecule has 0 aliphatic carbocycles. The summed E-state index contributed by atoms with van der Waals surface area (Å²) in [4.78, 5) is 22.8. The Balaban J connectivity index is 3.38. The van der Waals surface area contributed by atoms with Gasteiger partial charge in [0.05, 0.1) is 7.11 Å². The van der Waals surface area contributed by atoms with E-state index in [2.05, 4.69) is 0 Å². The number of carbonyl (C=O) groups is 2. The van der Waals surface area contributed by atoms with Crippen LogP contribution in [0.2, 0.25) is 0 Å². The smallest absolute Gasteiger partial charge is 0.167 e. The highest BCUT2D eigenvalue weighted by Gasteiger charge is 2.18. The zero-order valence-electron chi connectivity index (χ0n) is 9.61. The van der Waals surface area contributed by atoms with Crippen LogP contribution in [0.15, 0.2) is 35.9 Å². The first-order chi connectivity index (χ1) is 7.57. The Morgan fingerprint density at radius 1 is 1.00 bits per heavy atom. The van der Waals surface area contributed by atoms with E-state index >= 15 is 0 Å². The van der Waals surface area contributed by atoms with Crippen LogP contribution in [0.25, 0.3) is 5.76 Å². The number of allylic oxidation sites excluding steroid dienone is 1. The average molecular weight is 218 g/mol. The van der Waals surface area contributed by atoms with Gasteiger partial charge in [-0.2, -0.15) is 0 Å². The summed E-state index contributed by atoms with van der Waals surface area (Å²) in [6.07, 6.45) is 0. The fourth-order valence-corrected chi connectivity index (χ4v) is 1.52. The molecule has 0 N–H and O–H groups in total. The van der Waals surface area contributed by atoms with E-state index in [9.17, 15) is 9.59 Å². The summed E-state index contributed by atoms with van der Waals surface area (Å²) < 4.78 is 5.16. The number of rotatable bonds is 4. The highest BCUT2D eigenvalue weighted by Crippen LogP contribution is 2.20. The molecule has 1 rings (SSSR count). The highest BCUT2D eigenvalue weighted by atomic mass is 16.5. The van der Waals surface area contributed by atoms with E-state index in [-0.39, 0.29) is 17.1 Å². The second-order valence-corrected chi connectivity index (χ2v) is 3.39. The summed E-state index contributed by atoms with van der Waals surface area (Å²) in [6, 6.07) is 9.10. The van der Waals surface area contributed by atoms with Crippen LogP contribution >= 0.6 is 0 Å². The van der Waals surface area contributed by atoms with Gasteiger partial charge in [0.2, 0.25) is 0 Å². The van der Waals surface area contributed by atoms with Gasteiger partial charge in [0.15, 0.2) is 11.6 Å². The van der Waals surface area contributed by atoms with Gasteiger partial charge < -0.3 is 4.74 Å². The van der Waals surface area contributed by atoms with Crippen molar-refractivity contribution in [1.29, 1.82) is 0 Å². The Bertz CT molecular complexity index is 414. The second-order valence-electron chi connectivity index (χ2n) is 3.39. The van der Waals surface area contributed by atoms with Crippen LogP contribution in [0.5, 0.6) is 0 Å². The van der Waals surface area contributed by atoms with E-state index < -0.39 is 0 Å². The first kappa shape index (κ1) is 12.2. The van der Waals surface area contributed by atoms with Crippen molar-refractivity contribution in [1.82, 2.24) is 0 Å². The molecule has 0 heterocycles. The topological polar surface area (TPSA) is 43.4 Å². The largest absolute Gasteiger partial charge is 0.495 e. The molecule has 0 radical (unpaired) electrons. The molecule has 3 heteroatoms. The molecule has 0 aliphatic heterocycles. The second kappa shape index (κ2) is 5.26. The molecule has 0 saturated heterocycles. The van der Waals surface area contributed by atoms with Crippen molar-refractivity contribution in [3.63, 3.8) is 0 Å². The summed E-state index contributed by atoms with van der Waals surface area (Å²) in [7, 11) is 1.45. The maximum absolute atomic E-state index is 11.4. The van der Waals surface area contributed by atoms with Crippen LogP contribution in [-0.4, -0.2) is 18.7 Å². The SMILES string of the molecule is COC(=C(C(C)=O)C(C)=O)c1ccccc1. The third-order valence-corrected chi connectivity index (χ3v) is 2.17. The summed E-state index contributed by atoms with van der Waals surface area (Å²) in [5.74, 6) is -0.234. The molecular weight excluding hydrogens is 204 g/mol. The molecule has 16 heavy (non-hydrogen) atoms. The van der Waals surface area contributed by atoms with Gasteiger partial charge in [-0.1, -0.05) is 30.3 Å². The minimum atomic E-state index is -0.284. The standard InChI is InChI=1S/C13H14O3/c1-9(14)12(10(2)15)13(16-3)11-7-5-4-6-8-11/h4-8H,1-3H3. The van der Waals surface area contributed by atoms with Crippen LogP contribution in [-0.2, 0) is 14.3 Å². The number of carbonyl (C=O) groups excluding carboxylic acids is 2. The lowest BCUT2D eigenvalue weighted by atomic mass is 10.0. The number of benzene rings is 1. The molecule has 0 amide bonds. The number of ether oxygens (including phenoxy) is 1. The lowest BCUT2D eigenvalue weighted by Gasteiger charge is -2.10. The van der Waals surface area contributed by atoms with Gasteiger partial charge in [-0.25, -0.2) is 0 Å². The first-order valence-corrected chi connectivity index (χ1v) is 4.93. The molecular formula is C13H14O3. The maximum atomic E-state index is 11.4. The van der Waals surface area contributed by atoms with E-state index in [0.717, 1.165) is 5.56 Å². The van der Waals surface area contributed by atoms with Gasteiger partial charge in [0.25, 0.3) is 0 Å². The van der Waals surface area contributed by atoms with E-state index in [0.29, 0.717) is 5.76 Å². The van der Waals surface area contributed by atoms with Gasteiger partial charge in [-0.05, 0) is 13.8 Å². The van der Waals surface area contributed by atoms with Crippen LogP contribution in [0.4, 0.5) is 0 Å². The predicted octanol–water partition coefficient (Wildman–Crippen LogP) is 2.22. The van der Waals surface area contributed by atoms with Crippen molar-refractivity contribution < 1.29 is 14.3 Å². The third kappa shape index (κ3) is 2.57. The fraction of sp³-hybridized carbons (Fsp3) is 0.231. The third-order valence-electron chi connectivity index (χ3n) is 2.17. The predicted molar refractivity (Wildman–Crippen MR) is 61.7 cm³/mol. The molecule has 0 atom stereocenters. The lowest BCUT2D eigenvalue weighted by Crippen LogP contribution is -2.10. The van der Waals surface area contributed by atoms with E-state index in [4.69, 9.17) is 4.74 Å². The molecule has 3 nitrogen and oxygen atoms in total. The van der Waals surface area contributed by atoms with E-state index in [1.807, 2.05) is 18.2 Å². The summed E-state index contributed by atoms with van der Waals surface area (Å²) in [6.45, 7) is 2.72. The van der Waals surface area contributed by atoms with Crippen molar-refractivity contribution in [2.24, 2.45) is 0 Å². The molecule has 0 bridgehead atoms. The number of ketones is 2. The Hall–Kier alpha value is -1.90. The molecule has 0 aromatic heterocycles. The monoisotopic (exact) mass is 218 g/mol. The van der Waals surface area contributed by atoms with E-state index in [1.165, 1.54) is 21.0 Å². The molecule has 1 aromatic rings. The van der Waals surface area contributed by atoms with Crippen LogP contribution in [0.1, 0.15) is 19.4 Å². The quantitative estimate of drug-likeness (QED) is 0.337. The maximum Gasteiger partial charge on any atom is 0.167 e. The summed E-state index contributed by atoms with van der Waals surface area (Å²) >= 11 is 0. The minimum Gasteiger partial charge on any atom is -0.495 e. The van der Waals surface area contributed by atoms with Crippen LogP contribution in [0, 0.1) is 0 Å². The van der Waals surface area contributed by atoms with Gasteiger partial charge in [0.1, 0.15) is 11.3 Å². The molecule has 84 valence electrons. The number of hydrogen-bond donors (Lipinski definition) is 0. The van der Waals surface area contributed by atoms with Crippen molar-refractivity contribution in [2.75, 3.05) is 7.11 Å². The Kier molecular flexibility index (Phi) is 4.00. The number of Topliss-reactive ketones (excluding diaryl/α,β-unsaturated/α-hetero) is 2. The summed E-state index contributed by atoms with van der Waals surface area (Å²) in [5.41, 5.74) is 0.833. The van der Waals surface area contributed by atoms with Crippen LogP contribution < -0.4 is 0 Å². The molecule has 0 saturated carbocycles. The Morgan fingerprint density at radius 3 is 1.88 bits per heavy atom. The molecule has 0 aliphatic rings. The zero-order chi connectivity index (χ0) is 12.1. The lowest BCUT2D eigenvalue weighted by molar-refractivity contribution is -0.119.